The number of aryl methyl sites for hydroxylation is 1. The van der Waals surface area contributed by atoms with Gasteiger partial charge in [0.15, 0.2) is 5.16 Å². The molecule has 1 aromatic carbocycles. The fraction of sp³-hybridized carbons (Fsp3) is 0.353. The molecule has 1 amide bonds. The molecule has 0 spiro atoms. The number of nitrogens with zero attached hydrogens (tertiary/aromatic N) is 2. The number of thioether (sulfide) groups is 1. The first-order valence-corrected chi connectivity index (χ1v) is 8.68. The first-order valence-electron chi connectivity index (χ1n) is 7.70. The number of hydrogen-bond acceptors (Lipinski definition) is 4. The number of carbonyl (C=O) groups excluding carboxylic acids is 1. The molecule has 6 heteroatoms. The molecule has 0 fully saturated rings. The summed E-state index contributed by atoms with van der Waals surface area (Å²) in [7, 11) is 0. The van der Waals surface area contributed by atoms with Gasteiger partial charge >= 0.3 is 0 Å². The molecule has 1 atom stereocenters. The number of nitrogens with one attached hydrogen (secondary N) is 1. The van der Waals surface area contributed by atoms with E-state index in [9.17, 15) is 9.59 Å². The molecule has 2 heterocycles. The number of hydrogen-bond donors (Lipinski definition) is 1. The van der Waals surface area contributed by atoms with Crippen LogP contribution in [0.1, 0.15) is 30.6 Å². The van der Waals surface area contributed by atoms with Crippen molar-refractivity contribution in [2.75, 3.05) is 11.1 Å². The minimum atomic E-state index is -0.135. The summed E-state index contributed by atoms with van der Waals surface area (Å²) in [6, 6.07) is 9.22. The van der Waals surface area contributed by atoms with E-state index in [0.29, 0.717) is 12.2 Å². The number of fused-ring (bicyclic) bond motifs is 1. The highest BCUT2D eigenvalue weighted by atomic mass is 32.2. The van der Waals surface area contributed by atoms with E-state index in [0.717, 1.165) is 22.1 Å². The Hall–Kier alpha value is -2.08. The van der Waals surface area contributed by atoms with E-state index in [-0.39, 0.29) is 23.9 Å². The molecule has 0 radical (unpaired) electrons. The van der Waals surface area contributed by atoms with Crippen LogP contribution < -0.4 is 10.9 Å². The first kappa shape index (κ1) is 15.8. The lowest BCUT2D eigenvalue weighted by Gasteiger charge is -2.15. The van der Waals surface area contributed by atoms with Crippen molar-refractivity contribution >= 4 is 23.4 Å². The summed E-state index contributed by atoms with van der Waals surface area (Å²) < 4.78 is 1.70. The first-order chi connectivity index (χ1) is 11.1. The van der Waals surface area contributed by atoms with Gasteiger partial charge in [0.1, 0.15) is 0 Å². The van der Waals surface area contributed by atoms with Gasteiger partial charge in [-0.15, -0.1) is 0 Å². The molecular weight excluding hydrogens is 310 g/mol. The van der Waals surface area contributed by atoms with Gasteiger partial charge in [0, 0.05) is 29.1 Å². The van der Waals surface area contributed by atoms with Crippen LogP contribution in [0.15, 0.2) is 40.3 Å². The summed E-state index contributed by atoms with van der Waals surface area (Å²) in [4.78, 5) is 29.4. The van der Waals surface area contributed by atoms with Crippen LogP contribution in [0.3, 0.4) is 0 Å². The van der Waals surface area contributed by atoms with E-state index < -0.39 is 0 Å². The average Bonchev–Trinajstić information content (AvgIpc) is 2.91. The predicted octanol–water partition coefficient (Wildman–Crippen LogP) is 2.79. The molecule has 0 saturated heterocycles. The second-order valence-corrected chi connectivity index (χ2v) is 6.56. The summed E-state index contributed by atoms with van der Waals surface area (Å²) in [6.07, 6.45) is 0.939. The van der Waals surface area contributed by atoms with E-state index in [1.807, 2.05) is 44.2 Å². The van der Waals surface area contributed by atoms with Gasteiger partial charge in [-0.05, 0) is 25.5 Å². The number of amides is 1. The van der Waals surface area contributed by atoms with Crippen LogP contribution in [0.25, 0.3) is 0 Å². The van der Waals surface area contributed by atoms with Gasteiger partial charge in [-0.25, -0.2) is 4.98 Å². The quantitative estimate of drug-likeness (QED) is 0.876. The fourth-order valence-corrected chi connectivity index (χ4v) is 4.01. The Balaban J connectivity index is 1.80. The standard InChI is InChI=1S/C17H19N3O2S/c1-3-14-11(2)18-17-20(16(14)22)13(10-23-17)9-15(21)19-12-7-5-4-6-8-12/h4-8,13H,3,9-10H2,1-2H3,(H,19,21). The van der Waals surface area contributed by atoms with Gasteiger partial charge in [-0.1, -0.05) is 36.9 Å². The van der Waals surface area contributed by atoms with Crippen LogP contribution in [0, 0.1) is 6.92 Å². The monoisotopic (exact) mass is 329 g/mol. The molecule has 5 nitrogen and oxygen atoms in total. The molecule has 23 heavy (non-hydrogen) atoms. The van der Waals surface area contributed by atoms with Crippen molar-refractivity contribution in [3.05, 3.63) is 51.9 Å². The molecule has 3 rings (SSSR count). The van der Waals surface area contributed by atoms with Gasteiger partial charge < -0.3 is 5.32 Å². The van der Waals surface area contributed by atoms with Crippen LogP contribution in [0.2, 0.25) is 0 Å². The molecule has 0 aliphatic carbocycles. The summed E-state index contributed by atoms with van der Waals surface area (Å²) in [5.74, 6) is 0.622. The zero-order valence-electron chi connectivity index (χ0n) is 13.2. The Bertz CT molecular complexity index is 786. The van der Waals surface area contributed by atoms with Gasteiger partial charge in [-0.3, -0.25) is 14.2 Å². The Morgan fingerprint density at radius 3 is 2.83 bits per heavy atom. The van der Waals surface area contributed by atoms with E-state index in [4.69, 9.17) is 0 Å². The predicted molar refractivity (Wildman–Crippen MR) is 92.1 cm³/mol. The maximum Gasteiger partial charge on any atom is 0.257 e. The lowest BCUT2D eigenvalue weighted by molar-refractivity contribution is -0.116. The lowest BCUT2D eigenvalue weighted by Crippen LogP contribution is -2.30. The number of benzene rings is 1. The molecule has 1 aromatic heterocycles. The van der Waals surface area contributed by atoms with Crippen LogP contribution in [-0.2, 0) is 11.2 Å². The summed E-state index contributed by atoms with van der Waals surface area (Å²) >= 11 is 1.54. The molecule has 1 N–H and O–H groups in total. The highest BCUT2D eigenvalue weighted by Crippen LogP contribution is 2.32. The molecule has 1 aliphatic heterocycles. The number of carbonyl (C=O) groups is 1. The fourth-order valence-electron chi connectivity index (χ4n) is 2.83. The third kappa shape index (κ3) is 3.17. The van der Waals surface area contributed by atoms with Crippen molar-refractivity contribution in [2.24, 2.45) is 0 Å². The Morgan fingerprint density at radius 2 is 2.13 bits per heavy atom. The minimum Gasteiger partial charge on any atom is -0.326 e. The normalized spacial score (nSPS) is 16.2. The molecule has 120 valence electrons. The number of rotatable bonds is 4. The van der Waals surface area contributed by atoms with Crippen LogP contribution >= 0.6 is 11.8 Å². The highest BCUT2D eigenvalue weighted by molar-refractivity contribution is 7.99. The van der Waals surface area contributed by atoms with Gasteiger partial charge in [0.2, 0.25) is 5.91 Å². The zero-order chi connectivity index (χ0) is 16.4. The average molecular weight is 329 g/mol. The van der Waals surface area contributed by atoms with E-state index in [1.165, 1.54) is 0 Å². The van der Waals surface area contributed by atoms with Crippen molar-refractivity contribution in [3.63, 3.8) is 0 Å². The molecule has 0 saturated carbocycles. The zero-order valence-corrected chi connectivity index (χ0v) is 14.0. The number of para-hydroxylation sites is 1. The van der Waals surface area contributed by atoms with Crippen LogP contribution in [0.5, 0.6) is 0 Å². The Morgan fingerprint density at radius 1 is 1.39 bits per heavy atom. The molecular formula is C17H19N3O2S. The molecule has 1 unspecified atom stereocenters. The van der Waals surface area contributed by atoms with Gasteiger partial charge in [0.05, 0.1) is 6.04 Å². The highest BCUT2D eigenvalue weighted by Gasteiger charge is 2.28. The summed E-state index contributed by atoms with van der Waals surface area (Å²) in [5, 5.41) is 3.60. The van der Waals surface area contributed by atoms with Crippen molar-refractivity contribution < 1.29 is 4.79 Å². The van der Waals surface area contributed by atoms with E-state index in [2.05, 4.69) is 10.3 Å². The summed E-state index contributed by atoms with van der Waals surface area (Å²) in [5.41, 5.74) is 2.31. The van der Waals surface area contributed by atoms with Gasteiger partial charge in [0.25, 0.3) is 5.56 Å². The Kier molecular flexibility index (Phi) is 4.52. The van der Waals surface area contributed by atoms with Crippen molar-refractivity contribution in [1.29, 1.82) is 0 Å². The topological polar surface area (TPSA) is 64.0 Å². The third-order valence-corrected chi connectivity index (χ3v) is 5.08. The molecule has 2 aromatic rings. The lowest BCUT2D eigenvalue weighted by atomic mass is 10.1. The molecule has 0 bridgehead atoms. The van der Waals surface area contributed by atoms with Crippen molar-refractivity contribution in [2.45, 2.75) is 37.9 Å². The van der Waals surface area contributed by atoms with E-state index >= 15 is 0 Å². The molecule has 1 aliphatic rings. The number of aromatic nitrogens is 2. The summed E-state index contributed by atoms with van der Waals surface area (Å²) in [6.45, 7) is 3.83. The third-order valence-electron chi connectivity index (χ3n) is 3.99. The number of anilines is 1. The second kappa shape index (κ2) is 6.58. The van der Waals surface area contributed by atoms with E-state index in [1.54, 1.807) is 16.3 Å². The second-order valence-electron chi connectivity index (χ2n) is 5.57. The van der Waals surface area contributed by atoms with Crippen LogP contribution in [-0.4, -0.2) is 21.2 Å². The SMILES string of the molecule is CCc1c(C)nc2n(c1=O)C(CC(=O)Nc1ccccc1)CS2. The van der Waals surface area contributed by atoms with Crippen LogP contribution in [0.4, 0.5) is 5.69 Å². The smallest absolute Gasteiger partial charge is 0.257 e. The largest absolute Gasteiger partial charge is 0.326 e. The minimum absolute atomic E-state index is 0.00230. The maximum absolute atomic E-state index is 12.6. The van der Waals surface area contributed by atoms with Crippen molar-refractivity contribution in [1.82, 2.24) is 9.55 Å². The Labute approximate surface area is 139 Å². The maximum atomic E-state index is 12.6. The van der Waals surface area contributed by atoms with Crippen molar-refractivity contribution in [3.8, 4) is 0 Å². The van der Waals surface area contributed by atoms with Gasteiger partial charge in [-0.2, -0.15) is 0 Å².